The van der Waals surface area contributed by atoms with E-state index in [-0.39, 0.29) is 0 Å². The Bertz CT molecular complexity index is 95.7. The van der Waals surface area contributed by atoms with Crippen LogP contribution in [-0.2, 0) is 4.74 Å². The summed E-state index contributed by atoms with van der Waals surface area (Å²) in [6.07, 6.45) is 2.95. The molecule has 0 aromatic heterocycles. The molecule has 2 nitrogen and oxygen atoms in total. The van der Waals surface area contributed by atoms with E-state index in [1.807, 2.05) is 0 Å². The number of ether oxygens (including phenoxy) is 1. The molecule has 1 fully saturated rings. The molecular formula is C9H19NO. The van der Waals surface area contributed by atoms with E-state index in [9.17, 15) is 0 Å². The van der Waals surface area contributed by atoms with Crippen molar-refractivity contribution in [3.8, 4) is 0 Å². The third kappa shape index (κ3) is 2.46. The van der Waals surface area contributed by atoms with Crippen LogP contribution < -0.4 is 5.32 Å². The summed E-state index contributed by atoms with van der Waals surface area (Å²) in [5, 5.41) is 3.36. The smallest absolute Gasteiger partial charge is 0.0727 e. The largest absolute Gasteiger partial charge is 0.375 e. The van der Waals surface area contributed by atoms with Crippen molar-refractivity contribution in [2.45, 2.75) is 32.8 Å². The summed E-state index contributed by atoms with van der Waals surface area (Å²) in [5.41, 5.74) is 0. The van der Waals surface area contributed by atoms with Crippen LogP contribution in [0.4, 0.5) is 0 Å². The third-order valence-corrected chi connectivity index (χ3v) is 2.53. The van der Waals surface area contributed by atoms with E-state index in [0.29, 0.717) is 6.10 Å². The zero-order chi connectivity index (χ0) is 8.10. The van der Waals surface area contributed by atoms with E-state index < -0.39 is 0 Å². The van der Waals surface area contributed by atoms with Gasteiger partial charge >= 0.3 is 0 Å². The van der Waals surface area contributed by atoms with Crippen molar-refractivity contribution in [2.75, 3.05) is 19.7 Å². The minimum atomic E-state index is 0.471. The quantitative estimate of drug-likeness (QED) is 0.669. The summed E-state index contributed by atoms with van der Waals surface area (Å²) in [7, 11) is 0. The summed E-state index contributed by atoms with van der Waals surface area (Å²) in [6, 6.07) is 0. The Morgan fingerprint density at radius 3 is 2.64 bits per heavy atom. The molecule has 0 unspecified atom stereocenters. The predicted molar refractivity (Wildman–Crippen MR) is 46.7 cm³/mol. The zero-order valence-electron chi connectivity index (χ0n) is 7.60. The number of rotatable bonds is 3. The molecular weight excluding hydrogens is 138 g/mol. The molecule has 11 heavy (non-hydrogen) atoms. The van der Waals surface area contributed by atoms with Crippen LogP contribution in [0.3, 0.4) is 0 Å². The lowest BCUT2D eigenvalue weighted by atomic mass is 9.96. The van der Waals surface area contributed by atoms with Crippen LogP contribution in [0.2, 0.25) is 0 Å². The van der Waals surface area contributed by atoms with Crippen LogP contribution in [0.5, 0.6) is 0 Å². The lowest BCUT2D eigenvalue weighted by Gasteiger charge is -2.29. The molecule has 1 heterocycles. The number of hydrogen-bond acceptors (Lipinski definition) is 2. The topological polar surface area (TPSA) is 21.3 Å². The highest BCUT2D eigenvalue weighted by molar-refractivity contribution is 4.73. The highest BCUT2D eigenvalue weighted by Crippen LogP contribution is 2.16. The van der Waals surface area contributed by atoms with Crippen molar-refractivity contribution in [3.05, 3.63) is 0 Å². The monoisotopic (exact) mass is 157 g/mol. The van der Waals surface area contributed by atoms with E-state index in [0.717, 1.165) is 25.6 Å². The van der Waals surface area contributed by atoms with Gasteiger partial charge in [0, 0.05) is 13.1 Å². The van der Waals surface area contributed by atoms with Crippen LogP contribution in [-0.4, -0.2) is 25.8 Å². The van der Waals surface area contributed by atoms with Gasteiger partial charge < -0.3 is 10.1 Å². The normalized spacial score (nSPS) is 25.9. The third-order valence-electron chi connectivity index (χ3n) is 2.53. The van der Waals surface area contributed by atoms with Gasteiger partial charge in [0.2, 0.25) is 0 Å². The summed E-state index contributed by atoms with van der Waals surface area (Å²) in [5.74, 6) is 0.753. The van der Waals surface area contributed by atoms with Gasteiger partial charge in [0.1, 0.15) is 0 Å². The number of nitrogens with one attached hydrogen (secondary N) is 1. The Morgan fingerprint density at radius 1 is 1.45 bits per heavy atom. The lowest BCUT2D eigenvalue weighted by Crippen LogP contribution is -2.42. The Morgan fingerprint density at radius 2 is 2.18 bits per heavy atom. The molecule has 1 atom stereocenters. The molecule has 1 N–H and O–H groups in total. The van der Waals surface area contributed by atoms with Gasteiger partial charge in [-0.15, -0.1) is 0 Å². The fourth-order valence-corrected chi connectivity index (χ4v) is 1.70. The summed E-state index contributed by atoms with van der Waals surface area (Å²) in [4.78, 5) is 0. The fourth-order valence-electron chi connectivity index (χ4n) is 1.70. The van der Waals surface area contributed by atoms with Gasteiger partial charge in [0.15, 0.2) is 0 Å². The Hall–Kier alpha value is -0.0800. The molecule has 0 aromatic rings. The molecule has 0 aromatic carbocycles. The van der Waals surface area contributed by atoms with E-state index in [4.69, 9.17) is 4.74 Å². The average Bonchev–Trinajstić information content (AvgIpc) is 2.09. The van der Waals surface area contributed by atoms with Gasteiger partial charge in [-0.05, 0) is 5.92 Å². The van der Waals surface area contributed by atoms with Crippen molar-refractivity contribution in [1.82, 2.24) is 5.32 Å². The fraction of sp³-hybridized carbons (Fsp3) is 1.00. The predicted octanol–water partition coefficient (Wildman–Crippen LogP) is 1.41. The van der Waals surface area contributed by atoms with Crippen molar-refractivity contribution >= 4 is 0 Å². The molecule has 0 amide bonds. The second-order valence-corrected chi connectivity index (χ2v) is 3.19. The molecule has 66 valence electrons. The number of hydrogen-bond donors (Lipinski definition) is 1. The highest BCUT2D eigenvalue weighted by Gasteiger charge is 2.20. The van der Waals surface area contributed by atoms with Gasteiger partial charge in [-0.1, -0.05) is 26.7 Å². The van der Waals surface area contributed by atoms with Gasteiger partial charge in [-0.2, -0.15) is 0 Å². The van der Waals surface area contributed by atoms with Gasteiger partial charge in [0.05, 0.1) is 12.7 Å². The SMILES string of the molecule is CCC(CC)[C@H]1CNCCO1. The first-order valence-corrected chi connectivity index (χ1v) is 4.70. The molecule has 0 spiro atoms. The molecule has 1 rings (SSSR count). The average molecular weight is 157 g/mol. The van der Waals surface area contributed by atoms with Crippen molar-refractivity contribution in [1.29, 1.82) is 0 Å². The van der Waals surface area contributed by atoms with Crippen LogP contribution >= 0.6 is 0 Å². The summed E-state index contributed by atoms with van der Waals surface area (Å²) < 4.78 is 5.66. The van der Waals surface area contributed by atoms with Crippen molar-refractivity contribution in [3.63, 3.8) is 0 Å². The highest BCUT2D eigenvalue weighted by atomic mass is 16.5. The zero-order valence-corrected chi connectivity index (χ0v) is 7.60. The maximum atomic E-state index is 5.66. The second-order valence-electron chi connectivity index (χ2n) is 3.19. The van der Waals surface area contributed by atoms with E-state index in [1.165, 1.54) is 12.8 Å². The minimum Gasteiger partial charge on any atom is -0.375 e. The molecule has 0 bridgehead atoms. The molecule has 2 heteroatoms. The molecule has 1 saturated heterocycles. The second kappa shape index (κ2) is 4.73. The van der Waals surface area contributed by atoms with Gasteiger partial charge in [0.25, 0.3) is 0 Å². The molecule has 0 saturated carbocycles. The van der Waals surface area contributed by atoms with Crippen molar-refractivity contribution in [2.24, 2.45) is 5.92 Å². The standard InChI is InChI=1S/C9H19NO/c1-3-8(4-2)9-7-10-5-6-11-9/h8-10H,3-7H2,1-2H3/t9-/m1/s1. The van der Waals surface area contributed by atoms with E-state index in [2.05, 4.69) is 19.2 Å². The summed E-state index contributed by atoms with van der Waals surface area (Å²) in [6.45, 7) is 7.45. The lowest BCUT2D eigenvalue weighted by molar-refractivity contribution is -0.0112. The minimum absolute atomic E-state index is 0.471. The Kier molecular flexibility index (Phi) is 3.87. The van der Waals surface area contributed by atoms with Crippen LogP contribution in [0, 0.1) is 5.92 Å². The molecule has 0 radical (unpaired) electrons. The maximum absolute atomic E-state index is 5.66. The Labute approximate surface area is 69.3 Å². The van der Waals surface area contributed by atoms with Crippen LogP contribution in [0.1, 0.15) is 26.7 Å². The molecule has 0 aliphatic carbocycles. The van der Waals surface area contributed by atoms with Crippen LogP contribution in [0.15, 0.2) is 0 Å². The molecule has 1 aliphatic heterocycles. The van der Waals surface area contributed by atoms with E-state index in [1.54, 1.807) is 0 Å². The first-order valence-electron chi connectivity index (χ1n) is 4.70. The summed E-state index contributed by atoms with van der Waals surface area (Å²) >= 11 is 0. The van der Waals surface area contributed by atoms with Crippen LogP contribution in [0.25, 0.3) is 0 Å². The van der Waals surface area contributed by atoms with Crippen molar-refractivity contribution < 1.29 is 4.74 Å². The first kappa shape index (κ1) is 9.01. The Balaban J connectivity index is 2.30. The number of morpholine rings is 1. The molecule has 1 aliphatic rings. The maximum Gasteiger partial charge on any atom is 0.0727 e. The first-order chi connectivity index (χ1) is 5.38. The van der Waals surface area contributed by atoms with Gasteiger partial charge in [-0.25, -0.2) is 0 Å². The van der Waals surface area contributed by atoms with Gasteiger partial charge in [-0.3, -0.25) is 0 Å². The van der Waals surface area contributed by atoms with E-state index >= 15 is 0 Å².